The van der Waals surface area contributed by atoms with Crippen molar-refractivity contribution < 1.29 is 4.92 Å². The van der Waals surface area contributed by atoms with E-state index in [1.165, 1.54) is 6.07 Å². The Hall–Kier alpha value is -1.90. The Morgan fingerprint density at radius 3 is 2.24 bits per heavy atom. The predicted molar refractivity (Wildman–Crippen MR) is 91.2 cm³/mol. The van der Waals surface area contributed by atoms with Gasteiger partial charge in [-0.25, -0.2) is 0 Å². The topological polar surface area (TPSA) is 43.1 Å². The second kappa shape index (κ2) is 7.21. The molecule has 0 unspecified atom stereocenters. The van der Waals surface area contributed by atoms with Crippen LogP contribution >= 0.6 is 31.9 Å². The van der Waals surface area contributed by atoms with Gasteiger partial charge in [0.05, 0.1) is 19.5 Å². The van der Waals surface area contributed by atoms with E-state index in [1.54, 1.807) is 18.2 Å². The molecule has 3 nitrogen and oxygen atoms in total. The lowest BCUT2D eigenvalue weighted by atomic mass is 10.1. The molecule has 0 saturated carbocycles. The normalized spacial score (nSPS) is 9.43. The molecule has 2 aromatic carbocycles. The summed E-state index contributed by atoms with van der Waals surface area (Å²) in [5, 5.41) is 11.1. The van der Waals surface area contributed by atoms with Gasteiger partial charge in [-0.05, 0) is 50.1 Å². The van der Waals surface area contributed by atoms with Crippen LogP contribution in [-0.4, -0.2) is 4.92 Å². The fraction of sp³-hybridized carbons (Fsp3) is 0. The first-order chi connectivity index (χ1) is 10.1. The van der Waals surface area contributed by atoms with Crippen LogP contribution in [-0.2, 0) is 0 Å². The van der Waals surface area contributed by atoms with Crippen molar-refractivity contribution in [2.75, 3.05) is 0 Å². The summed E-state index contributed by atoms with van der Waals surface area (Å²) < 4.78 is 0.577. The number of nitro groups is 1. The molecule has 0 aliphatic rings. The Morgan fingerprint density at radius 2 is 1.62 bits per heavy atom. The maximum absolute atomic E-state index is 11.1. The van der Waals surface area contributed by atoms with E-state index in [2.05, 4.69) is 43.7 Å². The molecule has 0 saturated heterocycles. The molecule has 0 aliphatic heterocycles. The summed E-state index contributed by atoms with van der Waals surface area (Å²) in [6, 6.07) is 16.0. The fourth-order valence-corrected chi connectivity index (χ4v) is 2.34. The minimum atomic E-state index is -0.414. The summed E-state index contributed by atoms with van der Waals surface area (Å²) in [6.07, 6.45) is 0. The predicted octanol–water partition coefficient (Wildman–Crippen LogP) is 5.10. The van der Waals surface area contributed by atoms with E-state index in [1.807, 2.05) is 30.3 Å². The van der Waals surface area contributed by atoms with E-state index in [9.17, 15) is 10.1 Å². The molecular weight excluding hydrogens is 398 g/mol. The molecule has 2 rings (SSSR count). The number of nitro benzene ring substituents is 1. The third kappa shape index (κ3) is 4.03. The number of para-hydroxylation sites is 1. The van der Waals surface area contributed by atoms with Crippen molar-refractivity contribution >= 4 is 43.1 Å². The van der Waals surface area contributed by atoms with Crippen LogP contribution in [0.1, 0.15) is 11.1 Å². The van der Waals surface area contributed by atoms with Gasteiger partial charge in [0.1, 0.15) is 0 Å². The molecule has 5 heteroatoms. The smallest absolute Gasteiger partial charge is 0.258 e. The fourth-order valence-electron chi connectivity index (χ4n) is 1.72. The van der Waals surface area contributed by atoms with Crippen molar-refractivity contribution in [3.8, 4) is 11.8 Å². The molecule has 2 aromatic rings. The van der Waals surface area contributed by atoms with Gasteiger partial charge in [-0.2, -0.15) is 0 Å². The first kappa shape index (κ1) is 15.5. The van der Waals surface area contributed by atoms with E-state index < -0.39 is 4.92 Å². The number of halogens is 2. The van der Waals surface area contributed by atoms with Gasteiger partial charge in [-0.15, -0.1) is 0 Å². The molecule has 0 radical (unpaired) electrons. The molecular formula is C16H9Br2NO2. The zero-order valence-corrected chi connectivity index (χ0v) is 13.9. The Bertz CT molecular complexity index is 755. The molecule has 0 fully saturated rings. The summed E-state index contributed by atoms with van der Waals surface area (Å²) in [4.78, 5) is 10.7. The van der Waals surface area contributed by atoms with Crippen LogP contribution in [0.3, 0.4) is 0 Å². The van der Waals surface area contributed by atoms with Gasteiger partial charge in [0.25, 0.3) is 5.69 Å². The van der Waals surface area contributed by atoms with Gasteiger partial charge in [0.15, 0.2) is 0 Å². The second-order valence-electron chi connectivity index (χ2n) is 4.03. The summed E-state index contributed by atoms with van der Waals surface area (Å²) in [6.45, 7) is 0. The van der Waals surface area contributed by atoms with Crippen LogP contribution in [0.25, 0.3) is 5.57 Å². The summed E-state index contributed by atoms with van der Waals surface area (Å²) >= 11 is 6.61. The standard InChI is InChI=1S/C16H9Br2NO2/c17-16(18)14(11-10-12-6-2-1-3-7-12)13-8-4-5-9-15(13)19(20)21/h1-9H. The van der Waals surface area contributed by atoms with Gasteiger partial charge in [-0.3, -0.25) is 10.1 Å². The molecule has 0 aromatic heterocycles. The molecule has 0 aliphatic carbocycles. The van der Waals surface area contributed by atoms with E-state index >= 15 is 0 Å². The summed E-state index contributed by atoms with van der Waals surface area (Å²) in [7, 11) is 0. The van der Waals surface area contributed by atoms with Crippen molar-refractivity contribution in [3.05, 3.63) is 79.2 Å². The number of hydrogen-bond acceptors (Lipinski definition) is 2. The Labute approximate surface area is 139 Å². The van der Waals surface area contributed by atoms with Gasteiger partial charge in [-0.1, -0.05) is 42.2 Å². The van der Waals surface area contributed by atoms with Gasteiger partial charge in [0, 0.05) is 11.6 Å². The molecule has 21 heavy (non-hydrogen) atoms. The zero-order chi connectivity index (χ0) is 15.2. The number of hydrogen-bond donors (Lipinski definition) is 0. The van der Waals surface area contributed by atoms with E-state index in [-0.39, 0.29) is 5.69 Å². The number of benzene rings is 2. The van der Waals surface area contributed by atoms with Gasteiger partial charge >= 0.3 is 0 Å². The first-order valence-corrected chi connectivity index (χ1v) is 7.54. The van der Waals surface area contributed by atoms with Crippen LogP contribution in [0.2, 0.25) is 0 Å². The average molecular weight is 407 g/mol. The van der Waals surface area contributed by atoms with Gasteiger partial charge < -0.3 is 0 Å². The lowest BCUT2D eigenvalue weighted by molar-refractivity contribution is -0.385. The van der Waals surface area contributed by atoms with E-state index in [0.29, 0.717) is 14.5 Å². The highest BCUT2D eigenvalue weighted by molar-refractivity contribution is 9.28. The zero-order valence-electron chi connectivity index (χ0n) is 10.7. The third-order valence-corrected chi connectivity index (χ3v) is 3.46. The highest BCUT2D eigenvalue weighted by Gasteiger charge is 2.16. The first-order valence-electron chi connectivity index (χ1n) is 5.95. The Balaban J connectivity index is 2.51. The van der Waals surface area contributed by atoms with Crippen LogP contribution in [0.4, 0.5) is 5.69 Å². The molecule has 0 N–H and O–H groups in total. The number of rotatable bonds is 2. The third-order valence-electron chi connectivity index (χ3n) is 2.66. The molecule has 0 bridgehead atoms. The molecule has 0 amide bonds. The second-order valence-corrected chi connectivity index (χ2v) is 6.68. The average Bonchev–Trinajstić information content (AvgIpc) is 2.48. The maximum Gasteiger partial charge on any atom is 0.277 e. The number of allylic oxidation sites excluding steroid dienone is 1. The van der Waals surface area contributed by atoms with Crippen molar-refractivity contribution in [3.63, 3.8) is 0 Å². The van der Waals surface area contributed by atoms with Crippen LogP contribution < -0.4 is 0 Å². The lowest BCUT2D eigenvalue weighted by Crippen LogP contribution is -1.94. The largest absolute Gasteiger partial charge is 0.277 e. The monoisotopic (exact) mass is 405 g/mol. The molecule has 0 heterocycles. The van der Waals surface area contributed by atoms with Crippen molar-refractivity contribution in [2.24, 2.45) is 0 Å². The van der Waals surface area contributed by atoms with Crippen molar-refractivity contribution in [2.45, 2.75) is 0 Å². The highest BCUT2D eigenvalue weighted by atomic mass is 79.9. The van der Waals surface area contributed by atoms with E-state index in [0.717, 1.165) is 5.56 Å². The minimum Gasteiger partial charge on any atom is -0.258 e. The maximum atomic E-state index is 11.1. The van der Waals surface area contributed by atoms with Crippen molar-refractivity contribution in [1.82, 2.24) is 0 Å². The van der Waals surface area contributed by atoms with Crippen LogP contribution in [0.15, 0.2) is 58.0 Å². The van der Waals surface area contributed by atoms with Crippen LogP contribution in [0, 0.1) is 22.0 Å². The van der Waals surface area contributed by atoms with E-state index in [4.69, 9.17) is 0 Å². The SMILES string of the molecule is O=[N+]([O-])c1ccccc1C(C#Cc1ccccc1)=C(Br)Br. The highest BCUT2D eigenvalue weighted by Crippen LogP contribution is 2.32. The minimum absolute atomic E-state index is 0.0197. The summed E-state index contributed by atoms with van der Waals surface area (Å²) in [5.41, 5.74) is 1.86. The molecule has 0 atom stereocenters. The Morgan fingerprint density at radius 1 is 1.00 bits per heavy atom. The van der Waals surface area contributed by atoms with Crippen molar-refractivity contribution in [1.29, 1.82) is 0 Å². The lowest BCUT2D eigenvalue weighted by Gasteiger charge is -2.02. The van der Waals surface area contributed by atoms with Crippen LogP contribution in [0.5, 0.6) is 0 Å². The van der Waals surface area contributed by atoms with Gasteiger partial charge in [0.2, 0.25) is 0 Å². The molecule has 0 spiro atoms. The Kier molecular flexibility index (Phi) is 5.32. The molecule has 104 valence electrons. The quantitative estimate of drug-likeness (QED) is 0.395. The summed E-state index contributed by atoms with van der Waals surface area (Å²) in [5.74, 6) is 5.98. The number of nitrogens with zero attached hydrogens (tertiary/aromatic N) is 1.